The van der Waals surface area contributed by atoms with Gasteiger partial charge >= 0.3 is 0 Å². The van der Waals surface area contributed by atoms with Gasteiger partial charge in [0, 0.05) is 20.1 Å². The third-order valence-corrected chi connectivity index (χ3v) is 2.74. The van der Waals surface area contributed by atoms with Crippen molar-refractivity contribution >= 4 is 5.69 Å². The van der Waals surface area contributed by atoms with Gasteiger partial charge in [0.2, 0.25) is 0 Å². The van der Waals surface area contributed by atoms with Crippen LogP contribution in [0, 0.1) is 11.7 Å². The van der Waals surface area contributed by atoms with E-state index in [9.17, 15) is 4.39 Å². The molecule has 18 heavy (non-hydrogen) atoms. The normalized spacial score (nSPS) is 11.0. The molecule has 0 unspecified atom stereocenters. The fourth-order valence-corrected chi connectivity index (χ4v) is 1.74. The largest absolute Gasteiger partial charge is 0.395 e. The minimum Gasteiger partial charge on any atom is -0.395 e. The standard InChI is InChI=1S/C14H23FN2O/c1-11(2)9-16-10-12-4-5-13(15)14(8-12)17(3)6-7-18/h4-5,8,11,16,18H,6-7,9-10H2,1-3H3. The van der Waals surface area contributed by atoms with Gasteiger partial charge < -0.3 is 15.3 Å². The Labute approximate surface area is 109 Å². The second kappa shape index (κ2) is 7.34. The van der Waals surface area contributed by atoms with Crippen molar-refractivity contribution in [2.45, 2.75) is 20.4 Å². The summed E-state index contributed by atoms with van der Waals surface area (Å²) in [4.78, 5) is 1.72. The quantitative estimate of drug-likeness (QED) is 0.781. The minimum atomic E-state index is -0.251. The Kier molecular flexibility index (Phi) is 6.09. The van der Waals surface area contributed by atoms with E-state index in [2.05, 4.69) is 19.2 Å². The summed E-state index contributed by atoms with van der Waals surface area (Å²) in [6.07, 6.45) is 0. The molecule has 0 spiro atoms. The maximum absolute atomic E-state index is 13.7. The van der Waals surface area contributed by atoms with Crippen LogP contribution in [0.2, 0.25) is 0 Å². The molecular weight excluding hydrogens is 231 g/mol. The maximum atomic E-state index is 13.7. The van der Waals surface area contributed by atoms with Crippen LogP contribution in [-0.4, -0.2) is 31.9 Å². The monoisotopic (exact) mass is 254 g/mol. The summed E-state index contributed by atoms with van der Waals surface area (Å²) in [6.45, 7) is 6.43. The van der Waals surface area contributed by atoms with Crippen molar-refractivity contribution < 1.29 is 9.50 Å². The number of rotatable bonds is 7. The van der Waals surface area contributed by atoms with Crippen LogP contribution in [0.3, 0.4) is 0 Å². The van der Waals surface area contributed by atoms with E-state index in [1.165, 1.54) is 6.07 Å². The number of hydrogen-bond donors (Lipinski definition) is 2. The summed E-state index contributed by atoms with van der Waals surface area (Å²) in [5.41, 5.74) is 1.59. The second-order valence-corrected chi connectivity index (χ2v) is 4.96. The van der Waals surface area contributed by atoms with E-state index in [0.717, 1.165) is 18.7 Å². The Balaban J connectivity index is 2.68. The molecule has 1 rings (SSSR count). The topological polar surface area (TPSA) is 35.5 Å². The number of halogens is 1. The number of aliphatic hydroxyl groups is 1. The summed E-state index contributed by atoms with van der Waals surface area (Å²) in [5, 5.41) is 12.2. The average Bonchev–Trinajstić information content (AvgIpc) is 2.31. The first-order chi connectivity index (χ1) is 8.54. The molecule has 0 bridgehead atoms. The van der Waals surface area contributed by atoms with Gasteiger partial charge in [-0.2, -0.15) is 0 Å². The van der Waals surface area contributed by atoms with Crippen molar-refractivity contribution in [3.63, 3.8) is 0 Å². The number of likely N-dealkylation sites (N-methyl/N-ethyl adjacent to an activating group) is 1. The van der Waals surface area contributed by atoms with Crippen molar-refractivity contribution in [2.24, 2.45) is 5.92 Å². The van der Waals surface area contributed by atoms with Gasteiger partial charge in [0.05, 0.1) is 12.3 Å². The Morgan fingerprint density at radius 3 is 2.72 bits per heavy atom. The van der Waals surface area contributed by atoms with Gasteiger partial charge in [0.25, 0.3) is 0 Å². The minimum absolute atomic E-state index is 0.0196. The lowest BCUT2D eigenvalue weighted by molar-refractivity contribution is 0.303. The third-order valence-electron chi connectivity index (χ3n) is 2.74. The van der Waals surface area contributed by atoms with E-state index in [4.69, 9.17) is 5.11 Å². The van der Waals surface area contributed by atoms with Crippen LogP contribution in [0.5, 0.6) is 0 Å². The van der Waals surface area contributed by atoms with Crippen LogP contribution in [0.1, 0.15) is 19.4 Å². The molecule has 0 fully saturated rings. The highest BCUT2D eigenvalue weighted by Crippen LogP contribution is 2.19. The average molecular weight is 254 g/mol. The number of nitrogens with one attached hydrogen (secondary N) is 1. The van der Waals surface area contributed by atoms with Gasteiger partial charge in [-0.3, -0.25) is 0 Å². The Morgan fingerprint density at radius 2 is 2.11 bits per heavy atom. The number of anilines is 1. The fraction of sp³-hybridized carbons (Fsp3) is 0.571. The lowest BCUT2D eigenvalue weighted by atomic mass is 10.1. The van der Waals surface area contributed by atoms with Crippen molar-refractivity contribution in [1.82, 2.24) is 5.32 Å². The molecule has 2 N–H and O–H groups in total. The summed E-state index contributed by atoms with van der Waals surface area (Å²) in [7, 11) is 1.78. The first kappa shape index (κ1) is 14.9. The van der Waals surface area contributed by atoms with Crippen molar-refractivity contribution in [2.75, 3.05) is 31.6 Å². The van der Waals surface area contributed by atoms with Crippen molar-refractivity contribution in [3.8, 4) is 0 Å². The number of hydrogen-bond acceptors (Lipinski definition) is 3. The van der Waals surface area contributed by atoms with E-state index >= 15 is 0 Å². The summed E-state index contributed by atoms with van der Waals surface area (Å²) >= 11 is 0. The second-order valence-electron chi connectivity index (χ2n) is 4.96. The van der Waals surface area contributed by atoms with Gasteiger partial charge in [-0.15, -0.1) is 0 Å². The lowest BCUT2D eigenvalue weighted by Gasteiger charge is -2.19. The third kappa shape index (κ3) is 4.63. The zero-order valence-electron chi connectivity index (χ0n) is 11.4. The Morgan fingerprint density at radius 1 is 1.39 bits per heavy atom. The molecule has 0 aromatic heterocycles. The molecule has 1 aromatic rings. The maximum Gasteiger partial charge on any atom is 0.146 e. The summed E-state index contributed by atoms with van der Waals surface area (Å²) < 4.78 is 13.7. The molecule has 0 saturated heterocycles. The van der Waals surface area contributed by atoms with Crippen LogP contribution in [0.4, 0.5) is 10.1 Å². The van der Waals surface area contributed by atoms with E-state index in [0.29, 0.717) is 18.2 Å². The SMILES string of the molecule is CC(C)CNCc1ccc(F)c(N(C)CCO)c1. The van der Waals surface area contributed by atoms with Crippen molar-refractivity contribution in [3.05, 3.63) is 29.6 Å². The summed E-state index contributed by atoms with van der Waals surface area (Å²) in [6, 6.07) is 5.10. The molecular formula is C14H23FN2O. The molecule has 0 aliphatic carbocycles. The lowest BCUT2D eigenvalue weighted by Crippen LogP contribution is -2.23. The predicted octanol–water partition coefficient (Wildman–Crippen LogP) is 2.00. The molecule has 4 heteroatoms. The zero-order valence-corrected chi connectivity index (χ0v) is 11.4. The van der Waals surface area contributed by atoms with E-state index in [-0.39, 0.29) is 12.4 Å². The molecule has 0 aliphatic rings. The predicted molar refractivity (Wildman–Crippen MR) is 73.3 cm³/mol. The highest BCUT2D eigenvalue weighted by molar-refractivity contribution is 5.49. The molecule has 102 valence electrons. The molecule has 0 saturated carbocycles. The van der Waals surface area contributed by atoms with Crippen LogP contribution in [0.25, 0.3) is 0 Å². The fourth-order valence-electron chi connectivity index (χ4n) is 1.74. The van der Waals surface area contributed by atoms with E-state index in [1.54, 1.807) is 18.0 Å². The summed E-state index contributed by atoms with van der Waals surface area (Å²) in [5.74, 6) is 0.348. The number of nitrogens with zero attached hydrogens (tertiary/aromatic N) is 1. The molecule has 0 atom stereocenters. The molecule has 0 amide bonds. The van der Waals surface area contributed by atoms with Crippen molar-refractivity contribution in [1.29, 1.82) is 0 Å². The molecule has 1 aromatic carbocycles. The molecule has 0 aliphatic heterocycles. The van der Waals surface area contributed by atoms with Crippen LogP contribution < -0.4 is 10.2 Å². The molecule has 3 nitrogen and oxygen atoms in total. The van der Waals surface area contributed by atoms with Gasteiger partial charge in [-0.25, -0.2) is 4.39 Å². The Bertz CT molecular complexity index is 369. The van der Waals surface area contributed by atoms with Gasteiger partial charge in [0.15, 0.2) is 0 Å². The van der Waals surface area contributed by atoms with E-state index < -0.39 is 0 Å². The zero-order chi connectivity index (χ0) is 13.5. The van der Waals surface area contributed by atoms with E-state index in [1.807, 2.05) is 6.07 Å². The van der Waals surface area contributed by atoms with Gasteiger partial charge in [-0.1, -0.05) is 19.9 Å². The first-order valence-corrected chi connectivity index (χ1v) is 6.35. The highest BCUT2D eigenvalue weighted by Gasteiger charge is 2.08. The highest BCUT2D eigenvalue weighted by atomic mass is 19.1. The van der Waals surface area contributed by atoms with Crippen LogP contribution >= 0.6 is 0 Å². The smallest absolute Gasteiger partial charge is 0.146 e. The van der Waals surface area contributed by atoms with Crippen LogP contribution in [-0.2, 0) is 6.54 Å². The Hall–Kier alpha value is -1.13. The number of benzene rings is 1. The van der Waals surface area contributed by atoms with Crippen LogP contribution in [0.15, 0.2) is 18.2 Å². The molecule has 0 heterocycles. The molecule has 0 radical (unpaired) electrons. The van der Waals surface area contributed by atoms with Gasteiger partial charge in [0.1, 0.15) is 5.82 Å². The van der Waals surface area contributed by atoms with Gasteiger partial charge in [-0.05, 0) is 30.2 Å². The first-order valence-electron chi connectivity index (χ1n) is 6.35. The number of aliphatic hydroxyl groups excluding tert-OH is 1.